The molecular formula is C22H27NO3. The Bertz CT molecular complexity index is 815. The predicted octanol–water partition coefficient (Wildman–Crippen LogP) is 4.61. The number of Topliss-reactive ketones (excluding diaryl/α,β-unsaturated/α-hetero) is 1. The fourth-order valence-electron chi connectivity index (χ4n) is 3.61. The summed E-state index contributed by atoms with van der Waals surface area (Å²) in [6, 6.07) is 8.50. The number of H-pyrrole nitrogens is 1. The summed E-state index contributed by atoms with van der Waals surface area (Å²) in [5.41, 5.74) is 5.16. The molecule has 3 rings (SSSR count). The Balaban J connectivity index is 1.84. The Morgan fingerprint density at radius 2 is 1.92 bits per heavy atom. The number of rotatable bonds is 5. The maximum absolute atomic E-state index is 12.7. The lowest BCUT2D eigenvalue weighted by Gasteiger charge is -2.22. The zero-order valence-electron chi connectivity index (χ0n) is 16.0. The summed E-state index contributed by atoms with van der Waals surface area (Å²) in [5.74, 6) is 0.161. The molecule has 0 spiro atoms. The second-order valence-electron chi connectivity index (χ2n) is 7.59. The van der Waals surface area contributed by atoms with Crippen LogP contribution in [0.4, 0.5) is 0 Å². The number of aryl methyl sites for hydroxylation is 1. The van der Waals surface area contributed by atoms with E-state index in [4.69, 9.17) is 4.74 Å². The number of hydrogen-bond acceptors (Lipinski definition) is 3. The maximum Gasteiger partial charge on any atom is 0.355 e. The predicted molar refractivity (Wildman–Crippen MR) is 102 cm³/mol. The number of aromatic nitrogens is 1. The zero-order valence-corrected chi connectivity index (χ0v) is 16.0. The summed E-state index contributed by atoms with van der Waals surface area (Å²) in [5, 5.41) is 0. The van der Waals surface area contributed by atoms with Gasteiger partial charge in [0.25, 0.3) is 0 Å². The lowest BCUT2D eigenvalue weighted by molar-refractivity contribution is 0.0451. The van der Waals surface area contributed by atoms with Crippen LogP contribution in [0.1, 0.15) is 76.3 Å². The van der Waals surface area contributed by atoms with Gasteiger partial charge < -0.3 is 9.72 Å². The molecule has 1 aromatic heterocycles. The van der Waals surface area contributed by atoms with Crippen LogP contribution in [-0.4, -0.2) is 23.3 Å². The molecule has 0 unspecified atom stereocenters. The minimum absolute atomic E-state index is 0.104. The van der Waals surface area contributed by atoms with Crippen LogP contribution in [0, 0.1) is 12.8 Å². The summed E-state index contributed by atoms with van der Waals surface area (Å²) in [7, 11) is 0. The minimum atomic E-state index is -0.373. The van der Waals surface area contributed by atoms with Crippen LogP contribution in [0.2, 0.25) is 0 Å². The quantitative estimate of drug-likeness (QED) is 0.799. The highest BCUT2D eigenvalue weighted by Crippen LogP contribution is 2.35. The van der Waals surface area contributed by atoms with Gasteiger partial charge in [-0.25, -0.2) is 4.79 Å². The number of fused-ring (bicyclic) bond motifs is 1. The molecule has 0 amide bonds. The Morgan fingerprint density at radius 1 is 1.23 bits per heavy atom. The van der Waals surface area contributed by atoms with Crippen molar-refractivity contribution in [1.29, 1.82) is 0 Å². The van der Waals surface area contributed by atoms with Crippen molar-refractivity contribution in [2.75, 3.05) is 6.61 Å². The van der Waals surface area contributed by atoms with Crippen molar-refractivity contribution < 1.29 is 14.3 Å². The third kappa shape index (κ3) is 3.59. The molecule has 0 bridgehead atoms. The van der Waals surface area contributed by atoms with Crippen LogP contribution in [0.5, 0.6) is 0 Å². The molecule has 1 N–H and O–H groups in total. The first-order chi connectivity index (χ1) is 12.4. The number of benzene rings is 1. The normalized spacial score (nSPS) is 16.7. The molecule has 0 saturated heterocycles. The van der Waals surface area contributed by atoms with Gasteiger partial charge in [0.1, 0.15) is 5.69 Å². The highest BCUT2D eigenvalue weighted by Gasteiger charge is 2.32. The highest BCUT2D eigenvalue weighted by atomic mass is 16.5. The SMILES string of the molecule is CCc1ccc([C@@H]2CC(=O)c3c([nH]c(C(=O)OCC(C)C)c3C)C2)cc1. The first-order valence-corrected chi connectivity index (χ1v) is 9.41. The van der Waals surface area contributed by atoms with Crippen molar-refractivity contribution in [3.8, 4) is 0 Å². The smallest absolute Gasteiger partial charge is 0.355 e. The molecule has 1 atom stereocenters. The van der Waals surface area contributed by atoms with Gasteiger partial charge in [-0.2, -0.15) is 0 Å². The van der Waals surface area contributed by atoms with Crippen molar-refractivity contribution in [2.45, 2.75) is 52.9 Å². The minimum Gasteiger partial charge on any atom is -0.461 e. The van der Waals surface area contributed by atoms with E-state index in [0.717, 1.165) is 24.1 Å². The molecule has 1 aliphatic rings. The van der Waals surface area contributed by atoms with E-state index in [1.807, 2.05) is 20.8 Å². The second kappa shape index (κ2) is 7.48. The van der Waals surface area contributed by atoms with E-state index < -0.39 is 0 Å². The van der Waals surface area contributed by atoms with Crippen LogP contribution in [0.15, 0.2) is 24.3 Å². The van der Waals surface area contributed by atoms with E-state index in [0.29, 0.717) is 24.3 Å². The molecule has 4 nitrogen and oxygen atoms in total. The van der Waals surface area contributed by atoms with Crippen molar-refractivity contribution in [1.82, 2.24) is 4.98 Å². The van der Waals surface area contributed by atoms with Crippen LogP contribution in [0.3, 0.4) is 0 Å². The Morgan fingerprint density at radius 3 is 2.54 bits per heavy atom. The first-order valence-electron chi connectivity index (χ1n) is 9.41. The molecule has 4 heteroatoms. The van der Waals surface area contributed by atoms with Crippen molar-refractivity contribution in [3.05, 3.63) is 57.9 Å². The highest BCUT2D eigenvalue weighted by molar-refractivity contribution is 6.03. The fourth-order valence-corrected chi connectivity index (χ4v) is 3.61. The molecule has 0 aliphatic heterocycles. The second-order valence-corrected chi connectivity index (χ2v) is 7.59. The van der Waals surface area contributed by atoms with Gasteiger partial charge in [-0.1, -0.05) is 45.0 Å². The van der Waals surface area contributed by atoms with Crippen molar-refractivity contribution >= 4 is 11.8 Å². The maximum atomic E-state index is 12.7. The molecule has 0 saturated carbocycles. The standard InChI is InChI=1S/C22H27NO3/c1-5-15-6-8-16(9-7-15)17-10-18-20(19(24)11-17)14(4)21(23-18)22(25)26-12-13(2)3/h6-9,13,17,23H,5,10-12H2,1-4H3/t17-/m0/s1. The number of ether oxygens (including phenoxy) is 1. The van der Waals surface area contributed by atoms with E-state index in [1.165, 1.54) is 11.1 Å². The van der Waals surface area contributed by atoms with Gasteiger partial charge in [0, 0.05) is 17.7 Å². The molecular weight excluding hydrogens is 326 g/mol. The molecule has 26 heavy (non-hydrogen) atoms. The van der Waals surface area contributed by atoms with Gasteiger partial charge in [0.05, 0.1) is 6.61 Å². The lowest BCUT2D eigenvalue weighted by atomic mass is 9.81. The zero-order chi connectivity index (χ0) is 18.8. The van der Waals surface area contributed by atoms with Gasteiger partial charge in [-0.05, 0) is 48.3 Å². The Hall–Kier alpha value is -2.36. The molecule has 2 aromatic rings. The molecule has 0 radical (unpaired) electrons. The largest absolute Gasteiger partial charge is 0.461 e. The summed E-state index contributed by atoms with van der Waals surface area (Å²) in [6.07, 6.45) is 2.23. The topological polar surface area (TPSA) is 59.2 Å². The van der Waals surface area contributed by atoms with Crippen LogP contribution < -0.4 is 0 Å². The summed E-state index contributed by atoms with van der Waals surface area (Å²) >= 11 is 0. The molecule has 1 heterocycles. The van der Waals surface area contributed by atoms with E-state index in [1.54, 1.807) is 0 Å². The monoisotopic (exact) mass is 353 g/mol. The number of esters is 1. The summed E-state index contributed by atoms with van der Waals surface area (Å²) in [4.78, 5) is 28.3. The lowest BCUT2D eigenvalue weighted by Crippen LogP contribution is -2.18. The van der Waals surface area contributed by atoms with Crippen molar-refractivity contribution in [2.24, 2.45) is 5.92 Å². The number of carbonyl (C=O) groups is 2. The average molecular weight is 353 g/mol. The summed E-state index contributed by atoms with van der Waals surface area (Å²) < 4.78 is 5.34. The fraction of sp³-hybridized carbons (Fsp3) is 0.455. The molecule has 1 aromatic carbocycles. The Kier molecular flexibility index (Phi) is 5.30. The van der Waals surface area contributed by atoms with Crippen LogP contribution in [0.25, 0.3) is 0 Å². The summed E-state index contributed by atoms with van der Waals surface area (Å²) in [6.45, 7) is 8.33. The van der Waals surface area contributed by atoms with E-state index in [9.17, 15) is 9.59 Å². The molecule has 138 valence electrons. The van der Waals surface area contributed by atoms with Gasteiger partial charge >= 0.3 is 5.97 Å². The third-order valence-electron chi connectivity index (χ3n) is 5.10. The third-order valence-corrected chi connectivity index (χ3v) is 5.10. The van der Waals surface area contributed by atoms with Gasteiger partial charge in [0.15, 0.2) is 5.78 Å². The number of hydrogen-bond donors (Lipinski definition) is 1. The van der Waals surface area contributed by atoms with Crippen molar-refractivity contribution in [3.63, 3.8) is 0 Å². The van der Waals surface area contributed by atoms with E-state index in [2.05, 4.69) is 36.2 Å². The molecule has 0 fully saturated rings. The molecule has 1 aliphatic carbocycles. The Labute approximate surface area is 155 Å². The van der Waals surface area contributed by atoms with E-state index >= 15 is 0 Å². The number of carbonyl (C=O) groups excluding carboxylic acids is 2. The number of aromatic amines is 1. The van der Waals surface area contributed by atoms with Gasteiger partial charge in [0.2, 0.25) is 0 Å². The first kappa shape index (κ1) is 18.4. The average Bonchev–Trinajstić information content (AvgIpc) is 2.97. The van der Waals surface area contributed by atoms with Crippen LogP contribution >= 0.6 is 0 Å². The number of nitrogens with one attached hydrogen (secondary N) is 1. The van der Waals surface area contributed by atoms with Gasteiger partial charge in [-0.15, -0.1) is 0 Å². The van der Waals surface area contributed by atoms with Crippen LogP contribution in [-0.2, 0) is 17.6 Å². The van der Waals surface area contributed by atoms with Gasteiger partial charge in [-0.3, -0.25) is 4.79 Å². The van der Waals surface area contributed by atoms with E-state index in [-0.39, 0.29) is 23.6 Å². The number of ketones is 1.